The van der Waals surface area contributed by atoms with Crippen molar-refractivity contribution in [2.75, 3.05) is 13.6 Å². The molecule has 1 aromatic rings. The monoisotopic (exact) mass is 331 g/mol. The lowest BCUT2D eigenvalue weighted by molar-refractivity contribution is 0.253. The molecule has 16 heavy (non-hydrogen) atoms. The first-order valence-electron chi connectivity index (χ1n) is 6.05. The van der Waals surface area contributed by atoms with Crippen molar-refractivity contribution in [3.05, 3.63) is 33.4 Å². The molecule has 1 N–H and O–H groups in total. The minimum Gasteiger partial charge on any atom is -0.319 e. The largest absolute Gasteiger partial charge is 0.319 e. The van der Waals surface area contributed by atoms with Crippen molar-refractivity contribution in [1.82, 2.24) is 5.32 Å². The van der Waals surface area contributed by atoms with Gasteiger partial charge in [0.1, 0.15) is 0 Å². The van der Waals surface area contributed by atoms with Crippen molar-refractivity contribution in [3.63, 3.8) is 0 Å². The Morgan fingerprint density at radius 2 is 1.69 bits per heavy atom. The van der Waals surface area contributed by atoms with Gasteiger partial charge in [0.15, 0.2) is 0 Å². The van der Waals surface area contributed by atoms with E-state index in [9.17, 15) is 0 Å². The number of rotatable bonds is 6. The maximum absolute atomic E-state index is 3.34. The molecule has 0 saturated heterocycles. The standard InChI is InChI=1S/C14H22IN/c1-4-14(5-2,11-16-3)10-12-6-8-13(15)9-7-12/h6-9,16H,4-5,10-11H2,1-3H3. The van der Waals surface area contributed by atoms with Gasteiger partial charge in [-0.25, -0.2) is 0 Å². The number of hydrogen-bond acceptors (Lipinski definition) is 1. The Labute approximate surface area is 113 Å². The Morgan fingerprint density at radius 3 is 2.12 bits per heavy atom. The van der Waals surface area contributed by atoms with E-state index in [0.717, 1.165) is 6.54 Å². The summed E-state index contributed by atoms with van der Waals surface area (Å²) in [5.74, 6) is 0. The van der Waals surface area contributed by atoms with E-state index in [1.165, 1.54) is 28.4 Å². The predicted octanol–water partition coefficient (Wildman–Crippen LogP) is 3.86. The summed E-state index contributed by atoms with van der Waals surface area (Å²) >= 11 is 2.36. The Kier molecular flexibility index (Phi) is 5.76. The smallest absolute Gasteiger partial charge is 0.0130 e. The zero-order valence-corrected chi connectivity index (χ0v) is 12.7. The first kappa shape index (κ1) is 14.0. The molecule has 0 aliphatic rings. The molecule has 0 aliphatic heterocycles. The minimum absolute atomic E-state index is 0.418. The second-order valence-corrected chi connectivity index (χ2v) is 5.79. The molecule has 0 fully saturated rings. The van der Waals surface area contributed by atoms with Crippen LogP contribution in [0, 0.1) is 8.99 Å². The molecule has 0 unspecified atom stereocenters. The normalized spacial score (nSPS) is 11.8. The SMILES string of the molecule is CCC(CC)(CNC)Cc1ccc(I)cc1. The van der Waals surface area contributed by atoms with Gasteiger partial charge in [-0.2, -0.15) is 0 Å². The average molecular weight is 331 g/mol. The average Bonchev–Trinajstić information content (AvgIpc) is 2.31. The summed E-state index contributed by atoms with van der Waals surface area (Å²) in [5, 5.41) is 3.34. The van der Waals surface area contributed by atoms with Gasteiger partial charge in [0.2, 0.25) is 0 Å². The Bertz CT molecular complexity index is 301. The van der Waals surface area contributed by atoms with Crippen LogP contribution in [-0.4, -0.2) is 13.6 Å². The molecule has 0 heterocycles. The van der Waals surface area contributed by atoms with E-state index in [2.05, 4.69) is 66.0 Å². The molecule has 0 amide bonds. The van der Waals surface area contributed by atoms with E-state index in [0.29, 0.717) is 5.41 Å². The first-order valence-corrected chi connectivity index (χ1v) is 7.12. The van der Waals surface area contributed by atoms with Crippen LogP contribution in [-0.2, 0) is 6.42 Å². The van der Waals surface area contributed by atoms with Crippen LogP contribution in [0.5, 0.6) is 0 Å². The molecule has 0 atom stereocenters. The third-order valence-electron chi connectivity index (χ3n) is 3.54. The molecule has 90 valence electrons. The van der Waals surface area contributed by atoms with Crippen LogP contribution in [0.4, 0.5) is 0 Å². The van der Waals surface area contributed by atoms with E-state index < -0.39 is 0 Å². The summed E-state index contributed by atoms with van der Waals surface area (Å²) in [5.41, 5.74) is 1.88. The van der Waals surface area contributed by atoms with E-state index >= 15 is 0 Å². The third kappa shape index (κ3) is 3.74. The molecule has 1 rings (SSSR count). The van der Waals surface area contributed by atoms with E-state index in [-0.39, 0.29) is 0 Å². The Balaban J connectivity index is 2.78. The van der Waals surface area contributed by atoms with Gasteiger partial charge >= 0.3 is 0 Å². The van der Waals surface area contributed by atoms with Gasteiger partial charge in [-0.05, 0) is 72.0 Å². The number of nitrogens with one attached hydrogen (secondary N) is 1. The zero-order valence-electron chi connectivity index (χ0n) is 10.5. The van der Waals surface area contributed by atoms with Gasteiger partial charge in [-0.1, -0.05) is 26.0 Å². The summed E-state index contributed by atoms with van der Waals surface area (Å²) in [6.07, 6.45) is 3.64. The van der Waals surface area contributed by atoms with Gasteiger partial charge in [-0.15, -0.1) is 0 Å². The molecule has 0 spiro atoms. The predicted molar refractivity (Wildman–Crippen MR) is 79.8 cm³/mol. The molecule has 1 nitrogen and oxygen atoms in total. The molecule has 1 aromatic carbocycles. The van der Waals surface area contributed by atoms with Gasteiger partial charge in [0, 0.05) is 10.1 Å². The second kappa shape index (κ2) is 6.60. The van der Waals surface area contributed by atoms with Crippen LogP contribution in [0.2, 0.25) is 0 Å². The fourth-order valence-electron chi connectivity index (χ4n) is 2.22. The van der Waals surface area contributed by atoms with Crippen LogP contribution in [0.3, 0.4) is 0 Å². The fraction of sp³-hybridized carbons (Fsp3) is 0.571. The second-order valence-electron chi connectivity index (χ2n) is 4.54. The first-order chi connectivity index (χ1) is 7.65. The highest BCUT2D eigenvalue weighted by Gasteiger charge is 2.25. The molecular weight excluding hydrogens is 309 g/mol. The molecule has 0 bridgehead atoms. The third-order valence-corrected chi connectivity index (χ3v) is 4.26. The molecule has 0 aliphatic carbocycles. The lowest BCUT2D eigenvalue weighted by atomic mass is 9.77. The van der Waals surface area contributed by atoms with E-state index in [4.69, 9.17) is 0 Å². The van der Waals surface area contributed by atoms with Crippen LogP contribution < -0.4 is 5.32 Å². The quantitative estimate of drug-likeness (QED) is 0.781. The maximum Gasteiger partial charge on any atom is 0.0130 e. The highest BCUT2D eigenvalue weighted by Crippen LogP contribution is 2.30. The number of benzene rings is 1. The number of hydrogen-bond donors (Lipinski definition) is 1. The molecule has 2 heteroatoms. The summed E-state index contributed by atoms with van der Waals surface area (Å²) in [4.78, 5) is 0. The van der Waals surface area contributed by atoms with Crippen molar-refractivity contribution in [2.45, 2.75) is 33.1 Å². The van der Waals surface area contributed by atoms with Gasteiger partial charge in [0.25, 0.3) is 0 Å². The maximum atomic E-state index is 3.34. The minimum atomic E-state index is 0.418. The number of halogens is 1. The molecule has 0 saturated carbocycles. The highest BCUT2D eigenvalue weighted by atomic mass is 127. The van der Waals surface area contributed by atoms with Crippen LogP contribution >= 0.6 is 22.6 Å². The van der Waals surface area contributed by atoms with Crippen molar-refractivity contribution >= 4 is 22.6 Å². The summed E-state index contributed by atoms with van der Waals surface area (Å²) in [6, 6.07) is 8.92. The Hall–Kier alpha value is -0.0900. The van der Waals surface area contributed by atoms with Crippen molar-refractivity contribution in [3.8, 4) is 0 Å². The lowest BCUT2D eigenvalue weighted by Crippen LogP contribution is -2.33. The highest BCUT2D eigenvalue weighted by molar-refractivity contribution is 14.1. The molecular formula is C14H22IN. The van der Waals surface area contributed by atoms with E-state index in [1.54, 1.807) is 0 Å². The van der Waals surface area contributed by atoms with Crippen molar-refractivity contribution in [1.29, 1.82) is 0 Å². The van der Waals surface area contributed by atoms with Crippen LogP contribution in [0.15, 0.2) is 24.3 Å². The topological polar surface area (TPSA) is 12.0 Å². The zero-order chi connectivity index (χ0) is 12.0. The van der Waals surface area contributed by atoms with Crippen molar-refractivity contribution < 1.29 is 0 Å². The summed E-state index contributed by atoms with van der Waals surface area (Å²) < 4.78 is 1.31. The van der Waals surface area contributed by atoms with Crippen LogP contribution in [0.25, 0.3) is 0 Å². The Morgan fingerprint density at radius 1 is 1.12 bits per heavy atom. The summed E-state index contributed by atoms with van der Waals surface area (Å²) in [6.45, 7) is 5.70. The van der Waals surface area contributed by atoms with Crippen LogP contribution in [0.1, 0.15) is 32.3 Å². The fourth-order valence-corrected chi connectivity index (χ4v) is 2.58. The van der Waals surface area contributed by atoms with Gasteiger partial charge < -0.3 is 5.32 Å². The summed E-state index contributed by atoms with van der Waals surface area (Å²) in [7, 11) is 2.05. The molecule has 0 radical (unpaired) electrons. The van der Waals surface area contributed by atoms with E-state index in [1.807, 2.05) is 7.05 Å². The lowest BCUT2D eigenvalue weighted by Gasteiger charge is -2.31. The molecule has 0 aromatic heterocycles. The van der Waals surface area contributed by atoms with Gasteiger partial charge in [0.05, 0.1) is 0 Å². The van der Waals surface area contributed by atoms with Crippen molar-refractivity contribution in [2.24, 2.45) is 5.41 Å². The van der Waals surface area contributed by atoms with Gasteiger partial charge in [-0.3, -0.25) is 0 Å².